The van der Waals surface area contributed by atoms with Crippen LogP contribution in [-0.2, 0) is 14.3 Å². The Balaban J connectivity index is 0.00000400. The summed E-state index contributed by atoms with van der Waals surface area (Å²) in [4.78, 5) is 23.3. The maximum Gasteiger partial charge on any atom is 0.337 e. The van der Waals surface area contributed by atoms with E-state index in [1.54, 1.807) is 18.2 Å². The molecule has 3 N–H and O–H groups in total. The van der Waals surface area contributed by atoms with Crippen molar-refractivity contribution in [2.24, 2.45) is 5.73 Å². The molecular formula is C14H21ClN2O4. The first-order chi connectivity index (χ1) is 9.51. The van der Waals surface area contributed by atoms with Crippen LogP contribution in [0, 0.1) is 6.92 Å². The molecule has 118 valence electrons. The highest BCUT2D eigenvalue weighted by Gasteiger charge is 2.14. The van der Waals surface area contributed by atoms with E-state index in [2.05, 4.69) is 10.1 Å². The molecule has 0 heterocycles. The van der Waals surface area contributed by atoms with Gasteiger partial charge in [-0.15, -0.1) is 12.4 Å². The third-order valence-corrected chi connectivity index (χ3v) is 2.94. The number of rotatable bonds is 6. The first-order valence-corrected chi connectivity index (χ1v) is 6.23. The zero-order chi connectivity index (χ0) is 15.1. The largest absolute Gasteiger partial charge is 0.465 e. The van der Waals surface area contributed by atoms with Crippen LogP contribution in [0.4, 0.5) is 5.69 Å². The zero-order valence-electron chi connectivity index (χ0n) is 12.3. The Morgan fingerprint density at radius 2 is 2.00 bits per heavy atom. The van der Waals surface area contributed by atoms with Crippen LogP contribution < -0.4 is 11.1 Å². The fourth-order valence-corrected chi connectivity index (χ4v) is 1.67. The molecule has 7 heteroatoms. The van der Waals surface area contributed by atoms with E-state index in [9.17, 15) is 9.59 Å². The van der Waals surface area contributed by atoms with Gasteiger partial charge in [0.25, 0.3) is 0 Å². The number of amides is 1. The van der Waals surface area contributed by atoms with Gasteiger partial charge in [0.1, 0.15) is 0 Å². The summed E-state index contributed by atoms with van der Waals surface area (Å²) < 4.78 is 9.70. The van der Waals surface area contributed by atoms with Crippen LogP contribution in [0.1, 0.15) is 22.3 Å². The number of halogens is 1. The van der Waals surface area contributed by atoms with Gasteiger partial charge in [-0.05, 0) is 24.6 Å². The highest BCUT2D eigenvalue weighted by Crippen LogP contribution is 2.18. The molecule has 0 aliphatic rings. The van der Waals surface area contributed by atoms with Crippen LogP contribution in [0.2, 0.25) is 0 Å². The Kier molecular flexibility index (Phi) is 8.61. The summed E-state index contributed by atoms with van der Waals surface area (Å²) in [5, 5.41) is 2.75. The quantitative estimate of drug-likeness (QED) is 0.776. The molecular weight excluding hydrogens is 296 g/mol. The fraction of sp³-hybridized carbons (Fsp3) is 0.429. The van der Waals surface area contributed by atoms with Gasteiger partial charge < -0.3 is 20.5 Å². The van der Waals surface area contributed by atoms with Crippen molar-refractivity contribution in [3.8, 4) is 0 Å². The van der Waals surface area contributed by atoms with E-state index >= 15 is 0 Å². The number of hydrogen-bond donors (Lipinski definition) is 2. The van der Waals surface area contributed by atoms with Crippen molar-refractivity contribution < 1.29 is 19.1 Å². The monoisotopic (exact) mass is 316 g/mol. The molecule has 0 saturated carbocycles. The number of benzene rings is 1. The summed E-state index contributed by atoms with van der Waals surface area (Å²) in [7, 11) is 2.82. The van der Waals surface area contributed by atoms with Crippen molar-refractivity contribution in [3.05, 3.63) is 29.3 Å². The van der Waals surface area contributed by atoms with Crippen molar-refractivity contribution >= 4 is 30.0 Å². The number of ether oxygens (including phenoxy) is 2. The van der Waals surface area contributed by atoms with Crippen LogP contribution in [0.5, 0.6) is 0 Å². The summed E-state index contributed by atoms with van der Waals surface area (Å²) in [6, 6.07) is 4.98. The summed E-state index contributed by atoms with van der Waals surface area (Å²) >= 11 is 0. The minimum Gasteiger partial charge on any atom is -0.465 e. The average molecular weight is 317 g/mol. The lowest BCUT2D eigenvalue weighted by molar-refractivity contribution is -0.118. The lowest BCUT2D eigenvalue weighted by Crippen LogP contribution is -2.28. The molecule has 0 radical (unpaired) electrons. The van der Waals surface area contributed by atoms with E-state index in [-0.39, 0.29) is 37.4 Å². The fourth-order valence-electron chi connectivity index (χ4n) is 1.67. The predicted molar refractivity (Wildman–Crippen MR) is 82.9 cm³/mol. The normalized spacial score (nSPS) is 11.2. The van der Waals surface area contributed by atoms with Crippen molar-refractivity contribution in [1.82, 2.24) is 0 Å². The van der Waals surface area contributed by atoms with Crippen molar-refractivity contribution in [2.75, 3.05) is 26.1 Å². The highest BCUT2D eigenvalue weighted by molar-refractivity contribution is 5.95. The molecule has 1 aromatic carbocycles. The van der Waals surface area contributed by atoms with Gasteiger partial charge in [-0.2, -0.15) is 0 Å². The van der Waals surface area contributed by atoms with Crippen LogP contribution in [0.25, 0.3) is 0 Å². The lowest BCUT2D eigenvalue weighted by atomic mass is 10.1. The van der Waals surface area contributed by atoms with Gasteiger partial charge in [0, 0.05) is 19.3 Å². The number of nitrogens with one attached hydrogen (secondary N) is 1. The molecule has 0 spiro atoms. The molecule has 0 fully saturated rings. The van der Waals surface area contributed by atoms with Crippen LogP contribution in [-0.4, -0.2) is 38.7 Å². The van der Waals surface area contributed by atoms with Crippen molar-refractivity contribution in [1.29, 1.82) is 0 Å². The molecule has 1 aromatic rings. The third-order valence-electron chi connectivity index (χ3n) is 2.94. The van der Waals surface area contributed by atoms with E-state index in [1.165, 1.54) is 14.2 Å². The first kappa shape index (κ1) is 19.4. The number of hydrogen-bond acceptors (Lipinski definition) is 5. The van der Waals surface area contributed by atoms with Crippen molar-refractivity contribution in [2.45, 2.75) is 19.4 Å². The molecule has 0 aromatic heterocycles. The van der Waals surface area contributed by atoms with Crippen LogP contribution in [0.3, 0.4) is 0 Å². The lowest BCUT2D eigenvalue weighted by Gasteiger charge is -2.14. The van der Waals surface area contributed by atoms with Crippen molar-refractivity contribution in [3.63, 3.8) is 0 Å². The van der Waals surface area contributed by atoms with Gasteiger partial charge >= 0.3 is 5.97 Å². The maximum atomic E-state index is 11.9. The second kappa shape index (κ2) is 9.33. The average Bonchev–Trinajstić information content (AvgIpc) is 2.46. The Labute approximate surface area is 130 Å². The molecule has 1 atom stereocenters. The zero-order valence-corrected chi connectivity index (χ0v) is 13.2. The van der Waals surface area contributed by atoms with Gasteiger partial charge in [-0.25, -0.2) is 4.79 Å². The second-order valence-electron chi connectivity index (χ2n) is 4.37. The Bertz CT molecular complexity index is 490. The number of methoxy groups -OCH3 is 2. The topological polar surface area (TPSA) is 90.7 Å². The third kappa shape index (κ3) is 5.71. The number of aryl methyl sites for hydroxylation is 1. The molecule has 1 amide bonds. The molecule has 21 heavy (non-hydrogen) atoms. The summed E-state index contributed by atoms with van der Waals surface area (Å²) in [5.41, 5.74) is 7.28. The number of esters is 1. The molecule has 6 nitrogen and oxygen atoms in total. The van der Waals surface area contributed by atoms with E-state index in [0.717, 1.165) is 5.56 Å². The summed E-state index contributed by atoms with van der Waals surface area (Å²) in [6.45, 7) is 2.11. The Hall–Kier alpha value is -1.63. The van der Waals surface area contributed by atoms with Gasteiger partial charge in [-0.3, -0.25) is 4.79 Å². The number of nitrogens with two attached hydrogens (primary N) is 1. The number of carbonyl (C=O) groups is 2. The maximum absolute atomic E-state index is 11.9. The molecule has 0 aliphatic heterocycles. The van der Waals surface area contributed by atoms with E-state index in [0.29, 0.717) is 11.3 Å². The Morgan fingerprint density at radius 1 is 1.33 bits per heavy atom. The summed E-state index contributed by atoms with van der Waals surface area (Å²) in [6.07, 6.45) is -0.159. The minimum atomic E-state index is -0.447. The smallest absolute Gasteiger partial charge is 0.337 e. The van der Waals surface area contributed by atoms with E-state index in [1.807, 2.05) is 6.92 Å². The van der Waals surface area contributed by atoms with E-state index < -0.39 is 5.97 Å². The van der Waals surface area contributed by atoms with Gasteiger partial charge in [0.2, 0.25) is 5.91 Å². The van der Waals surface area contributed by atoms with Crippen LogP contribution in [0.15, 0.2) is 18.2 Å². The molecule has 0 saturated heterocycles. The highest BCUT2D eigenvalue weighted by atomic mass is 35.5. The standard InChI is InChI=1S/C14H20N2O4.ClH/c1-9-4-5-10(14(18)20-3)6-12(9)16-13(17)7-11(8-15)19-2;/h4-6,11H,7-8,15H2,1-3H3,(H,16,17);1H. The molecule has 1 unspecified atom stereocenters. The number of anilines is 1. The molecule has 0 aliphatic carbocycles. The molecule has 1 rings (SSSR count). The summed E-state index contributed by atoms with van der Waals surface area (Å²) in [5.74, 6) is -0.662. The van der Waals surface area contributed by atoms with Gasteiger partial charge in [0.15, 0.2) is 0 Å². The minimum absolute atomic E-state index is 0. The van der Waals surface area contributed by atoms with E-state index in [4.69, 9.17) is 10.5 Å². The first-order valence-electron chi connectivity index (χ1n) is 6.23. The SMILES string of the molecule is COC(=O)c1ccc(C)c(NC(=O)CC(CN)OC)c1.Cl. The van der Waals surface area contributed by atoms with Crippen LogP contribution >= 0.6 is 12.4 Å². The van der Waals surface area contributed by atoms with Gasteiger partial charge in [-0.1, -0.05) is 6.07 Å². The molecule has 0 bridgehead atoms. The number of carbonyl (C=O) groups excluding carboxylic acids is 2. The Morgan fingerprint density at radius 3 is 2.52 bits per heavy atom. The second-order valence-corrected chi connectivity index (χ2v) is 4.37. The predicted octanol–water partition coefficient (Wildman–Crippen LogP) is 1.51. The van der Waals surface area contributed by atoms with Gasteiger partial charge in [0.05, 0.1) is 25.2 Å².